The van der Waals surface area contributed by atoms with Crippen molar-refractivity contribution in [3.05, 3.63) is 35.4 Å². The summed E-state index contributed by atoms with van der Waals surface area (Å²) in [5, 5.41) is 10.0. The molecule has 3 heteroatoms. The van der Waals surface area contributed by atoms with Crippen LogP contribution in [0.4, 0.5) is 0 Å². The number of nitrogens with two attached hydrogens (primary N) is 1. The Morgan fingerprint density at radius 2 is 1.70 bits per heavy atom. The van der Waals surface area contributed by atoms with E-state index < -0.39 is 6.10 Å². The second-order valence-electron chi connectivity index (χ2n) is 5.30. The Morgan fingerprint density at radius 3 is 2.35 bits per heavy atom. The molecule has 0 aliphatic carbocycles. The van der Waals surface area contributed by atoms with Crippen molar-refractivity contribution in [2.24, 2.45) is 5.73 Å². The molecule has 1 unspecified atom stereocenters. The maximum atomic E-state index is 10.0. The lowest BCUT2D eigenvalue weighted by molar-refractivity contribution is 0.0344. The van der Waals surface area contributed by atoms with Gasteiger partial charge in [0.15, 0.2) is 0 Å². The van der Waals surface area contributed by atoms with E-state index >= 15 is 0 Å². The van der Waals surface area contributed by atoms with E-state index in [2.05, 4.69) is 6.92 Å². The monoisotopic (exact) mass is 279 g/mol. The first kappa shape index (κ1) is 17.2. The van der Waals surface area contributed by atoms with Crippen molar-refractivity contribution in [1.82, 2.24) is 0 Å². The van der Waals surface area contributed by atoms with Crippen LogP contribution in [0.2, 0.25) is 0 Å². The highest BCUT2D eigenvalue weighted by Crippen LogP contribution is 2.14. The average molecular weight is 279 g/mol. The maximum Gasteiger partial charge on any atom is 0.102 e. The van der Waals surface area contributed by atoms with Gasteiger partial charge in [-0.15, -0.1) is 0 Å². The fraction of sp³-hybridized carbons (Fsp3) is 0.647. The SMILES string of the molecule is CCCCCCCCOCC(O)c1ccc(CN)cc1. The van der Waals surface area contributed by atoms with Crippen LogP contribution in [-0.4, -0.2) is 18.3 Å². The molecule has 0 radical (unpaired) electrons. The highest BCUT2D eigenvalue weighted by Gasteiger charge is 2.07. The van der Waals surface area contributed by atoms with E-state index in [1.54, 1.807) is 0 Å². The number of hydrogen-bond donors (Lipinski definition) is 2. The lowest BCUT2D eigenvalue weighted by Gasteiger charge is -2.12. The lowest BCUT2D eigenvalue weighted by atomic mass is 10.1. The predicted molar refractivity (Wildman–Crippen MR) is 83.5 cm³/mol. The summed E-state index contributed by atoms with van der Waals surface area (Å²) in [7, 11) is 0. The molecule has 0 saturated carbocycles. The number of rotatable bonds is 11. The average Bonchev–Trinajstić information content (AvgIpc) is 2.50. The van der Waals surface area contributed by atoms with Crippen LogP contribution in [0.25, 0.3) is 0 Å². The van der Waals surface area contributed by atoms with Crippen molar-refractivity contribution in [1.29, 1.82) is 0 Å². The van der Waals surface area contributed by atoms with Gasteiger partial charge in [0, 0.05) is 13.2 Å². The molecule has 0 aliphatic heterocycles. The normalized spacial score (nSPS) is 12.6. The van der Waals surface area contributed by atoms with Gasteiger partial charge in [0.1, 0.15) is 6.10 Å². The number of aliphatic hydroxyl groups is 1. The molecule has 0 bridgehead atoms. The molecule has 1 aromatic carbocycles. The Morgan fingerprint density at radius 1 is 1.05 bits per heavy atom. The summed E-state index contributed by atoms with van der Waals surface area (Å²) in [5.74, 6) is 0. The quantitative estimate of drug-likeness (QED) is 0.609. The Kier molecular flexibility index (Phi) is 9.29. The van der Waals surface area contributed by atoms with E-state index in [0.717, 1.165) is 24.2 Å². The Labute approximate surface area is 123 Å². The van der Waals surface area contributed by atoms with Gasteiger partial charge in [-0.25, -0.2) is 0 Å². The van der Waals surface area contributed by atoms with Crippen LogP contribution in [0.15, 0.2) is 24.3 Å². The Bertz CT molecular complexity index is 337. The van der Waals surface area contributed by atoms with E-state index in [9.17, 15) is 5.11 Å². The molecule has 1 rings (SSSR count). The molecule has 0 fully saturated rings. The van der Waals surface area contributed by atoms with Crippen molar-refractivity contribution in [2.75, 3.05) is 13.2 Å². The summed E-state index contributed by atoms with van der Waals surface area (Å²) in [6.07, 6.45) is 7.00. The zero-order valence-electron chi connectivity index (χ0n) is 12.7. The van der Waals surface area contributed by atoms with E-state index in [-0.39, 0.29) is 0 Å². The van der Waals surface area contributed by atoms with Gasteiger partial charge in [-0.3, -0.25) is 0 Å². The summed E-state index contributed by atoms with van der Waals surface area (Å²) >= 11 is 0. The van der Waals surface area contributed by atoms with Crippen LogP contribution in [0.1, 0.15) is 62.7 Å². The van der Waals surface area contributed by atoms with Crippen LogP contribution < -0.4 is 5.73 Å². The van der Waals surface area contributed by atoms with Crippen LogP contribution in [-0.2, 0) is 11.3 Å². The van der Waals surface area contributed by atoms with Crippen LogP contribution >= 0.6 is 0 Å². The molecule has 1 aromatic rings. The molecule has 0 aliphatic rings. The third-order valence-electron chi connectivity index (χ3n) is 3.52. The largest absolute Gasteiger partial charge is 0.386 e. The second kappa shape index (κ2) is 10.8. The van der Waals surface area contributed by atoms with Gasteiger partial charge in [0.25, 0.3) is 0 Å². The molecular weight excluding hydrogens is 250 g/mol. The zero-order chi connectivity index (χ0) is 14.6. The van der Waals surface area contributed by atoms with Gasteiger partial charge in [-0.1, -0.05) is 63.3 Å². The van der Waals surface area contributed by atoms with Crippen molar-refractivity contribution in [2.45, 2.75) is 58.1 Å². The molecule has 0 amide bonds. The Balaban J connectivity index is 2.08. The first-order chi connectivity index (χ1) is 9.77. The minimum Gasteiger partial charge on any atom is -0.386 e. The maximum absolute atomic E-state index is 10.0. The van der Waals surface area contributed by atoms with Gasteiger partial charge >= 0.3 is 0 Å². The molecule has 0 spiro atoms. The molecule has 3 N–H and O–H groups in total. The van der Waals surface area contributed by atoms with E-state index in [1.165, 1.54) is 32.1 Å². The first-order valence-corrected chi connectivity index (χ1v) is 7.82. The standard InChI is InChI=1S/C17H29NO2/c1-2-3-4-5-6-7-12-20-14-17(19)16-10-8-15(13-18)9-11-16/h8-11,17,19H,2-7,12-14,18H2,1H3. The Hall–Kier alpha value is -0.900. The van der Waals surface area contributed by atoms with Gasteiger partial charge in [0.2, 0.25) is 0 Å². The minimum atomic E-state index is -0.540. The van der Waals surface area contributed by atoms with E-state index in [0.29, 0.717) is 13.2 Å². The molecule has 3 nitrogen and oxygen atoms in total. The van der Waals surface area contributed by atoms with Crippen molar-refractivity contribution >= 4 is 0 Å². The number of hydrogen-bond acceptors (Lipinski definition) is 3. The number of ether oxygens (including phenoxy) is 1. The van der Waals surface area contributed by atoms with Gasteiger partial charge < -0.3 is 15.6 Å². The predicted octanol–water partition coefficient (Wildman–Crippen LogP) is 3.56. The van der Waals surface area contributed by atoms with Crippen LogP contribution in [0.5, 0.6) is 0 Å². The first-order valence-electron chi connectivity index (χ1n) is 7.82. The van der Waals surface area contributed by atoms with Gasteiger partial charge in [-0.05, 0) is 17.5 Å². The summed E-state index contributed by atoms with van der Waals surface area (Å²) in [4.78, 5) is 0. The summed E-state index contributed by atoms with van der Waals surface area (Å²) in [6, 6.07) is 7.74. The van der Waals surface area contributed by atoms with Gasteiger partial charge in [-0.2, -0.15) is 0 Å². The molecular formula is C17H29NO2. The number of unbranched alkanes of at least 4 members (excludes halogenated alkanes) is 5. The molecule has 114 valence electrons. The number of aliphatic hydroxyl groups excluding tert-OH is 1. The highest BCUT2D eigenvalue weighted by molar-refractivity contribution is 5.23. The zero-order valence-corrected chi connectivity index (χ0v) is 12.7. The summed E-state index contributed by atoms with van der Waals surface area (Å²) in [5.41, 5.74) is 7.52. The summed E-state index contributed by atoms with van der Waals surface area (Å²) in [6.45, 7) is 3.87. The molecule has 0 saturated heterocycles. The molecule has 0 heterocycles. The molecule has 1 atom stereocenters. The fourth-order valence-electron chi connectivity index (χ4n) is 2.15. The molecule has 0 aromatic heterocycles. The fourth-order valence-corrected chi connectivity index (χ4v) is 2.15. The van der Waals surface area contributed by atoms with Crippen molar-refractivity contribution < 1.29 is 9.84 Å². The minimum absolute atomic E-state index is 0.372. The van der Waals surface area contributed by atoms with Crippen LogP contribution in [0, 0.1) is 0 Å². The second-order valence-corrected chi connectivity index (χ2v) is 5.30. The van der Waals surface area contributed by atoms with Crippen molar-refractivity contribution in [3.63, 3.8) is 0 Å². The smallest absolute Gasteiger partial charge is 0.102 e. The third-order valence-corrected chi connectivity index (χ3v) is 3.52. The number of benzene rings is 1. The van der Waals surface area contributed by atoms with Gasteiger partial charge in [0.05, 0.1) is 6.61 Å². The summed E-state index contributed by atoms with van der Waals surface area (Å²) < 4.78 is 5.54. The van der Waals surface area contributed by atoms with Crippen LogP contribution in [0.3, 0.4) is 0 Å². The van der Waals surface area contributed by atoms with E-state index in [1.807, 2.05) is 24.3 Å². The van der Waals surface area contributed by atoms with Crippen molar-refractivity contribution in [3.8, 4) is 0 Å². The highest BCUT2D eigenvalue weighted by atomic mass is 16.5. The van der Waals surface area contributed by atoms with E-state index in [4.69, 9.17) is 10.5 Å². The topological polar surface area (TPSA) is 55.5 Å². The molecule has 20 heavy (non-hydrogen) atoms. The third kappa shape index (κ3) is 7.04. The lowest BCUT2D eigenvalue weighted by Crippen LogP contribution is -2.08.